The zero-order chi connectivity index (χ0) is 13.4. The van der Waals surface area contributed by atoms with E-state index in [4.69, 9.17) is 5.73 Å². The van der Waals surface area contributed by atoms with Crippen molar-refractivity contribution < 1.29 is 0 Å². The Bertz CT molecular complexity index is 592. The van der Waals surface area contributed by atoms with E-state index >= 15 is 0 Å². The van der Waals surface area contributed by atoms with Gasteiger partial charge in [0.05, 0.1) is 0 Å². The van der Waals surface area contributed by atoms with Gasteiger partial charge in [0.2, 0.25) is 0 Å². The normalized spacial score (nSPS) is 19.3. The van der Waals surface area contributed by atoms with Crippen LogP contribution in [0.2, 0.25) is 0 Å². The van der Waals surface area contributed by atoms with Crippen LogP contribution in [-0.2, 0) is 6.42 Å². The largest absolute Gasteiger partial charge is 0.324 e. The Hall–Kier alpha value is -1.87. The number of hydrogen-bond donors (Lipinski definition) is 1. The van der Waals surface area contributed by atoms with E-state index in [9.17, 15) is 0 Å². The maximum atomic E-state index is 5.96. The van der Waals surface area contributed by atoms with Gasteiger partial charge >= 0.3 is 0 Å². The number of para-hydroxylation sites is 1. The molecule has 0 amide bonds. The van der Waals surface area contributed by atoms with Gasteiger partial charge < -0.3 is 10.6 Å². The van der Waals surface area contributed by atoms with Gasteiger partial charge in [-0.1, -0.05) is 18.2 Å². The molecule has 1 aromatic heterocycles. The minimum absolute atomic E-state index is 0.0369. The van der Waals surface area contributed by atoms with Crippen LogP contribution in [0.3, 0.4) is 0 Å². The van der Waals surface area contributed by atoms with Crippen LogP contribution in [0.25, 0.3) is 0 Å². The Morgan fingerprint density at radius 2 is 2.11 bits per heavy atom. The van der Waals surface area contributed by atoms with Crippen LogP contribution < -0.4 is 10.6 Å². The Morgan fingerprint density at radius 3 is 2.89 bits per heavy atom. The molecule has 1 aromatic carbocycles. The van der Waals surface area contributed by atoms with E-state index in [1.165, 1.54) is 11.3 Å². The van der Waals surface area contributed by atoms with Crippen LogP contribution in [0.5, 0.6) is 0 Å². The van der Waals surface area contributed by atoms with Crippen molar-refractivity contribution >= 4 is 11.5 Å². The van der Waals surface area contributed by atoms with E-state index < -0.39 is 0 Å². The molecule has 3 heteroatoms. The third kappa shape index (κ3) is 2.10. The molecule has 3 nitrogen and oxygen atoms in total. The van der Waals surface area contributed by atoms with Gasteiger partial charge in [-0.15, -0.1) is 0 Å². The lowest BCUT2D eigenvalue weighted by molar-refractivity contribution is 0.746. The Morgan fingerprint density at radius 1 is 1.32 bits per heavy atom. The lowest BCUT2D eigenvalue weighted by Crippen LogP contribution is -2.25. The number of rotatable bonds is 2. The third-order valence-electron chi connectivity index (χ3n) is 3.75. The third-order valence-corrected chi connectivity index (χ3v) is 3.75. The van der Waals surface area contributed by atoms with Crippen molar-refractivity contribution in [3.63, 3.8) is 0 Å². The first kappa shape index (κ1) is 12.2. The monoisotopic (exact) mass is 253 g/mol. The van der Waals surface area contributed by atoms with Gasteiger partial charge in [0.25, 0.3) is 0 Å². The molecule has 0 saturated carbocycles. The molecule has 2 atom stereocenters. The van der Waals surface area contributed by atoms with Crippen LogP contribution >= 0.6 is 0 Å². The zero-order valence-electron chi connectivity index (χ0n) is 11.4. The first-order valence-corrected chi connectivity index (χ1v) is 6.75. The quantitative estimate of drug-likeness (QED) is 0.893. The lowest BCUT2D eigenvalue weighted by Gasteiger charge is -2.24. The molecule has 0 radical (unpaired) electrons. The minimum Gasteiger partial charge on any atom is -0.324 e. The highest BCUT2D eigenvalue weighted by Crippen LogP contribution is 2.37. The topological polar surface area (TPSA) is 42.1 Å². The Labute approximate surface area is 114 Å². The molecule has 19 heavy (non-hydrogen) atoms. The summed E-state index contributed by atoms with van der Waals surface area (Å²) in [5.41, 5.74) is 9.75. The first-order valence-electron chi connectivity index (χ1n) is 6.75. The van der Waals surface area contributed by atoms with E-state index in [0.29, 0.717) is 6.04 Å². The summed E-state index contributed by atoms with van der Waals surface area (Å²) in [4.78, 5) is 6.83. The number of nitrogens with zero attached hydrogens (tertiary/aromatic N) is 2. The fourth-order valence-corrected chi connectivity index (χ4v) is 2.76. The van der Waals surface area contributed by atoms with E-state index in [0.717, 1.165) is 17.8 Å². The number of hydrogen-bond acceptors (Lipinski definition) is 3. The van der Waals surface area contributed by atoms with Gasteiger partial charge in [-0.25, -0.2) is 4.98 Å². The van der Waals surface area contributed by atoms with Crippen LogP contribution in [0, 0.1) is 0 Å². The summed E-state index contributed by atoms with van der Waals surface area (Å²) in [6.45, 7) is 4.24. The van der Waals surface area contributed by atoms with Crippen LogP contribution in [0.15, 0.2) is 42.6 Å². The molecular weight excluding hydrogens is 234 g/mol. The van der Waals surface area contributed by atoms with Gasteiger partial charge in [0.1, 0.15) is 5.82 Å². The molecule has 0 aliphatic carbocycles. The number of anilines is 2. The summed E-state index contributed by atoms with van der Waals surface area (Å²) >= 11 is 0. The molecular formula is C16H19N3. The number of benzene rings is 1. The van der Waals surface area contributed by atoms with Gasteiger partial charge in [0, 0.05) is 24.0 Å². The maximum absolute atomic E-state index is 5.96. The number of pyridine rings is 1. The van der Waals surface area contributed by atoms with Crippen molar-refractivity contribution in [2.24, 2.45) is 5.73 Å². The van der Waals surface area contributed by atoms with Gasteiger partial charge in [-0.05, 0) is 49.6 Å². The van der Waals surface area contributed by atoms with Gasteiger partial charge in [0.15, 0.2) is 0 Å². The molecule has 98 valence electrons. The van der Waals surface area contributed by atoms with Crippen molar-refractivity contribution in [1.82, 2.24) is 4.98 Å². The minimum atomic E-state index is 0.0369. The second-order valence-corrected chi connectivity index (χ2v) is 5.29. The van der Waals surface area contributed by atoms with Crippen molar-refractivity contribution in [2.45, 2.75) is 32.4 Å². The SMILES string of the molecule is CC(N)c1ccnc(N2c3ccccc3CC2C)c1. The van der Waals surface area contributed by atoms with Crippen molar-refractivity contribution in [2.75, 3.05) is 4.90 Å². The number of aromatic nitrogens is 1. The molecule has 0 spiro atoms. The summed E-state index contributed by atoms with van der Waals surface area (Å²) in [7, 11) is 0. The van der Waals surface area contributed by atoms with Crippen molar-refractivity contribution in [1.29, 1.82) is 0 Å². The molecule has 0 fully saturated rings. The fourth-order valence-electron chi connectivity index (χ4n) is 2.76. The smallest absolute Gasteiger partial charge is 0.133 e. The van der Waals surface area contributed by atoms with E-state index in [2.05, 4.69) is 47.1 Å². The summed E-state index contributed by atoms with van der Waals surface area (Å²) in [5, 5.41) is 0. The highest BCUT2D eigenvalue weighted by Gasteiger charge is 2.27. The van der Waals surface area contributed by atoms with Crippen molar-refractivity contribution in [3.05, 3.63) is 53.7 Å². The highest BCUT2D eigenvalue weighted by molar-refractivity contribution is 5.69. The molecule has 0 bridgehead atoms. The Kier molecular flexibility index (Phi) is 2.99. The van der Waals surface area contributed by atoms with Crippen LogP contribution in [-0.4, -0.2) is 11.0 Å². The number of nitrogens with two attached hydrogens (primary N) is 1. The van der Waals surface area contributed by atoms with Gasteiger partial charge in [-0.3, -0.25) is 0 Å². The Balaban J connectivity index is 2.05. The fraction of sp³-hybridized carbons (Fsp3) is 0.312. The highest BCUT2D eigenvalue weighted by atomic mass is 15.2. The average molecular weight is 253 g/mol. The second kappa shape index (κ2) is 4.67. The average Bonchev–Trinajstić information content (AvgIpc) is 2.74. The summed E-state index contributed by atoms with van der Waals surface area (Å²) in [5.74, 6) is 0.993. The molecule has 2 N–H and O–H groups in total. The molecule has 0 saturated heterocycles. The van der Waals surface area contributed by atoms with Crippen molar-refractivity contribution in [3.8, 4) is 0 Å². The number of fused-ring (bicyclic) bond motifs is 1. The summed E-state index contributed by atoms with van der Waals surface area (Å²) in [6.07, 6.45) is 2.92. The standard InChI is InChI=1S/C16H19N3/c1-11-9-14-5-3-4-6-15(14)19(11)16-10-13(12(2)17)7-8-18-16/h3-8,10-12H,9,17H2,1-2H3. The molecule has 2 unspecified atom stereocenters. The van der Waals surface area contributed by atoms with Crippen LogP contribution in [0.4, 0.5) is 11.5 Å². The van der Waals surface area contributed by atoms with E-state index in [-0.39, 0.29) is 6.04 Å². The van der Waals surface area contributed by atoms with E-state index in [1.807, 2.05) is 19.2 Å². The predicted molar refractivity (Wildman–Crippen MR) is 78.6 cm³/mol. The lowest BCUT2D eigenvalue weighted by atomic mass is 10.1. The molecule has 1 aliphatic rings. The molecule has 2 aromatic rings. The second-order valence-electron chi connectivity index (χ2n) is 5.29. The summed E-state index contributed by atoms with van der Waals surface area (Å²) in [6, 6.07) is 13.1. The van der Waals surface area contributed by atoms with Crippen LogP contribution in [0.1, 0.15) is 31.0 Å². The van der Waals surface area contributed by atoms with Gasteiger partial charge in [-0.2, -0.15) is 0 Å². The zero-order valence-corrected chi connectivity index (χ0v) is 11.4. The predicted octanol–water partition coefficient (Wildman–Crippen LogP) is 3.18. The maximum Gasteiger partial charge on any atom is 0.133 e. The molecule has 1 aliphatic heterocycles. The van der Waals surface area contributed by atoms with E-state index in [1.54, 1.807) is 0 Å². The summed E-state index contributed by atoms with van der Waals surface area (Å²) < 4.78 is 0. The first-order chi connectivity index (χ1) is 9.16. The molecule has 2 heterocycles. The molecule has 3 rings (SSSR count).